The average Bonchev–Trinajstić information content (AvgIpc) is 2.93. The van der Waals surface area contributed by atoms with Crippen LogP contribution in [0.5, 0.6) is 0 Å². The zero-order valence-electron chi connectivity index (χ0n) is 19.1. The van der Waals surface area contributed by atoms with E-state index in [0.717, 1.165) is 54.3 Å². The van der Waals surface area contributed by atoms with Crippen LogP contribution in [0.25, 0.3) is 11.3 Å². The van der Waals surface area contributed by atoms with Crippen molar-refractivity contribution in [3.8, 4) is 11.3 Å². The predicted octanol–water partition coefficient (Wildman–Crippen LogP) is 5.59. The summed E-state index contributed by atoms with van der Waals surface area (Å²) in [6.45, 7) is 2.18. The molecule has 0 radical (unpaired) electrons. The fourth-order valence-corrected chi connectivity index (χ4v) is 4.53. The fraction of sp³-hybridized carbons (Fsp3) is 0.207. The highest BCUT2D eigenvalue weighted by atomic mass is 16.2. The van der Waals surface area contributed by atoms with Gasteiger partial charge in [0.1, 0.15) is 12.1 Å². The Morgan fingerprint density at radius 2 is 1.44 bits per heavy atom. The van der Waals surface area contributed by atoms with Gasteiger partial charge >= 0.3 is 0 Å². The molecule has 0 spiro atoms. The highest BCUT2D eigenvalue weighted by Crippen LogP contribution is 2.28. The highest BCUT2D eigenvalue weighted by Gasteiger charge is 2.30. The maximum atomic E-state index is 13.7. The third-order valence-corrected chi connectivity index (χ3v) is 6.41. The van der Waals surface area contributed by atoms with Crippen LogP contribution in [0.2, 0.25) is 0 Å². The Bertz CT molecular complexity index is 1210. The van der Waals surface area contributed by atoms with Gasteiger partial charge in [-0.25, -0.2) is 9.97 Å². The summed E-state index contributed by atoms with van der Waals surface area (Å²) in [7, 11) is 0. The van der Waals surface area contributed by atoms with Crippen molar-refractivity contribution in [2.75, 3.05) is 22.9 Å². The van der Waals surface area contributed by atoms with E-state index >= 15 is 0 Å². The van der Waals surface area contributed by atoms with Crippen LogP contribution in [-0.4, -0.2) is 29.0 Å². The molecule has 0 unspecified atom stereocenters. The zero-order valence-corrected chi connectivity index (χ0v) is 19.1. The first-order valence-electron chi connectivity index (χ1n) is 11.8. The van der Waals surface area contributed by atoms with E-state index in [4.69, 9.17) is 0 Å². The predicted molar refractivity (Wildman–Crippen MR) is 136 cm³/mol. The summed E-state index contributed by atoms with van der Waals surface area (Å²) in [5.41, 5.74) is 4.08. The molecule has 5 heteroatoms. The van der Waals surface area contributed by atoms with Crippen LogP contribution in [0.1, 0.15) is 18.4 Å². The molecule has 0 bridgehead atoms. The molecule has 1 amide bonds. The van der Waals surface area contributed by atoms with Crippen molar-refractivity contribution in [2.45, 2.75) is 19.4 Å². The van der Waals surface area contributed by atoms with Crippen molar-refractivity contribution >= 4 is 17.4 Å². The van der Waals surface area contributed by atoms with E-state index in [1.54, 1.807) is 6.33 Å². The zero-order chi connectivity index (χ0) is 23.2. The summed E-state index contributed by atoms with van der Waals surface area (Å²) in [4.78, 5) is 26.8. The molecule has 1 aromatic heterocycles. The largest absolute Gasteiger partial charge is 0.356 e. The molecule has 1 aliphatic heterocycles. The van der Waals surface area contributed by atoms with Crippen LogP contribution in [0.4, 0.5) is 11.5 Å². The third kappa shape index (κ3) is 4.99. The minimum absolute atomic E-state index is 0.00407. The molecule has 34 heavy (non-hydrogen) atoms. The van der Waals surface area contributed by atoms with Gasteiger partial charge in [0.05, 0.1) is 12.2 Å². The molecular weight excluding hydrogens is 420 g/mol. The lowest BCUT2D eigenvalue weighted by molar-refractivity contribution is -0.123. The quantitative estimate of drug-likeness (QED) is 0.386. The van der Waals surface area contributed by atoms with Crippen LogP contribution in [0.15, 0.2) is 103 Å². The number of aromatic nitrogens is 2. The van der Waals surface area contributed by atoms with Crippen molar-refractivity contribution in [2.24, 2.45) is 5.92 Å². The van der Waals surface area contributed by atoms with Gasteiger partial charge in [-0.15, -0.1) is 0 Å². The summed E-state index contributed by atoms with van der Waals surface area (Å²) >= 11 is 0. The Morgan fingerprint density at radius 1 is 0.824 bits per heavy atom. The summed E-state index contributed by atoms with van der Waals surface area (Å²) in [5.74, 6) is 1.11. The summed E-state index contributed by atoms with van der Waals surface area (Å²) in [5, 5.41) is 0. The molecule has 5 rings (SSSR count). The number of para-hydroxylation sites is 1. The van der Waals surface area contributed by atoms with Gasteiger partial charge in [0.15, 0.2) is 0 Å². The molecule has 2 heterocycles. The molecule has 0 atom stereocenters. The van der Waals surface area contributed by atoms with E-state index in [-0.39, 0.29) is 11.8 Å². The van der Waals surface area contributed by atoms with Crippen molar-refractivity contribution in [1.82, 2.24) is 9.97 Å². The first-order valence-corrected chi connectivity index (χ1v) is 11.8. The van der Waals surface area contributed by atoms with Crippen LogP contribution >= 0.6 is 0 Å². The minimum Gasteiger partial charge on any atom is -0.356 e. The lowest BCUT2D eigenvalue weighted by Gasteiger charge is -2.35. The lowest BCUT2D eigenvalue weighted by Crippen LogP contribution is -2.42. The maximum absolute atomic E-state index is 13.7. The number of rotatable bonds is 6. The molecule has 170 valence electrons. The number of benzene rings is 3. The normalized spacial score (nSPS) is 14.1. The van der Waals surface area contributed by atoms with E-state index in [9.17, 15) is 4.79 Å². The van der Waals surface area contributed by atoms with Crippen molar-refractivity contribution in [3.63, 3.8) is 0 Å². The van der Waals surface area contributed by atoms with Crippen LogP contribution < -0.4 is 9.80 Å². The molecule has 1 saturated heterocycles. The molecule has 1 fully saturated rings. The molecule has 0 aliphatic carbocycles. The Kier molecular flexibility index (Phi) is 6.61. The summed E-state index contributed by atoms with van der Waals surface area (Å²) < 4.78 is 0. The summed E-state index contributed by atoms with van der Waals surface area (Å²) in [6, 6.07) is 32.4. The average molecular weight is 449 g/mol. The van der Waals surface area contributed by atoms with Gasteiger partial charge in [-0.1, -0.05) is 78.9 Å². The van der Waals surface area contributed by atoms with E-state index < -0.39 is 0 Å². The maximum Gasteiger partial charge on any atom is 0.230 e. The number of piperidine rings is 1. The smallest absolute Gasteiger partial charge is 0.230 e. The number of hydrogen-bond acceptors (Lipinski definition) is 4. The second-order valence-electron chi connectivity index (χ2n) is 8.63. The molecule has 0 N–H and O–H groups in total. The summed E-state index contributed by atoms with van der Waals surface area (Å²) in [6.07, 6.45) is 3.25. The van der Waals surface area contributed by atoms with E-state index in [0.29, 0.717) is 6.54 Å². The molecule has 0 saturated carbocycles. The number of anilines is 2. The van der Waals surface area contributed by atoms with Crippen LogP contribution in [-0.2, 0) is 11.3 Å². The number of amides is 1. The van der Waals surface area contributed by atoms with Crippen LogP contribution in [0.3, 0.4) is 0 Å². The molecule has 1 aliphatic rings. The second kappa shape index (κ2) is 10.3. The third-order valence-electron chi connectivity index (χ3n) is 6.41. The first kappa shape index (κ1) is 21.8. The van der Waals surface area contributed by atoms with Gasteiger partial charge in [0.2, 0.25) is 5.91 Å². The monoisotopic (exact) mass is 448 g/mol. The minimum atomic E-state index is -0.00407. The Balaban J connectivity index is 1.29. The Morgan fingerprint density at radius 3 is 2.12 bits per heavy atom. The SMILES string of the molecule is O=C(C1CCN(c2cc(-c3ccccc3)ncn2)CC1)N(Cc1ccccc1)c1ccccc1. The van der Waals surface area contributed by atoms with Gasteiger partial charge in [0.25, 0.3) is 0 Å². The molecule has 5 nitrogen and oxygen atoms in total. The standard InChI is InChI=1S/C29H28N4O/c34-29(33(26-14-8-3-9-15-26)21-23-10-4-1-5-11-23)25-16-18-32(19-17-25)28-20-27(30-22-31-28)24-12-6-2-7-13-24/h1-15,20,22,25H,16-19,21H2. The highest BCUT2D eigenvalue weighted by molar-refractivity contribution is 5.95. The van der Waals surface area contributed by atoms with E-state index in [1.165, 1.54) is 0 Å². The molecule has 4 aromatic rings. The number of carbonyl (C=O) groups excluding carboxylic acids is 1. The Hall–Kier alpha value is -3.99. The number of nitrogens with zero attached hydrogens (tertiary/aromatic N) is 4. The van der Waals surface area contributed by atoms with E-state index in [1.807, 2.05) is 77.7 Å². The van der Waals surface area contributed by atoms with Crippen LogP contribution in [0, 0.1) is 5.92 Å². The topological polar surface area (TPSA) is 49.3 Å². The van der Waals surface area contributed by atoms with E-state index in [2.05, 4.69) is 39.1 Å². The Labute approximate surface area is 200 Å². The number of carbonyl (C=O) groups is 1. The fourth-order valence-electron chi connectivity index (χ4n) is 4.53. The van der Waals surface area contributed by atoms with Gasteiger partial charge < -0.3 is 9.80 Å². The van der Waals surface area contributed by atoms with Crippen molar-refractivity contribution in [1.29, 1.82) is 0 Å². The number of hydrogen-bond donors (Lipinski definition) is 0. The first-order chi connectivity index (χ1) is 16.8. The molecular formula is C29H28N4O. The lowest BCUT2D eigenvalue weighted by atomic mass is 9.94. The van der Waals surface area contributed by atoms with Crippen molar-refractivity contribution in [3.05, 3.63) is 109 Å². The van der Waals surface area contributed by atoms with Gasteiger partial charge in [0, 0.05) is 36.3 Å². The second-order valence-corrected chi connectivity index (χ2v) is 8.63. The molecule has 3 aromatic carbocycles. The van der Waals surface area contributed by atoms with Gasteiger partial charge in [-0.2, -0.15) is 0 Å². The van der Waals surface area contributed by atoms with Crippen molar-refractivity contribution < 1.29 is 4.79 Å². The van der Waals surface area contributed by atoms with Gasteiger partial charge in [-0.3, -0.25) is 4.79 Å². The van der Waals surface area contributed by atoms with Gasteiger partial charge in [-0.05, 0) is 30.5 Å².